The Morgan fingerprint density at radius 1 is 1.43 bits per heavy atom. The Hall–Kier alpha value is -0.930. The second-order valence-corrected chi connectivity index (χ2v) is 3.82. The zero-order valence-corrected chi connectivity index (χ0v) is 8.91. The van der Waals surface area contributed by atoms with E-state index in [4.69, 9.17) is 21.1 Å². The maximum Gasteiger partial charge on any atom is 0.186 e. The number of ether oxygens (including phenoxy) is 2. The van der Waals surface area contributed by atoms with E-state index in [1.54, 1.807) is 6.07 Å². The maximum atomic E-state index is 5.95. The molecule has 0 saturated heterocycles. The third kappa shape index (κ3) is 1.65. The van der Waals surface area contributed by atoms with Gasteiger partial charge in [-0.3, -0.25) is 4.90 Å². The third-order valence-electron chi connectivity index (χ3n) is 2.14. The van der Waals surface area contributed by atoms with Crippen molar-refractivity contribution in [1.82, 2.24) is 4.90 Å². The summed E-state index contributed by atoms with van der Waals surface area (Å²) in [5, 5.41) is 0.597. The van der Waals surface area contributed by atoms with Gasteiger partial charge in [0.25, 0.3) is 0 Å². The Bertz CT molecular complexity index is 341. The van der Waals surface area contributed by atoms with Crippen LogP contribution < -0.4 is 9.47 Å². The first-order valence-corrected chi connectivity index (χ1v) is 4.80. The molecule has 0 aromatic heterocycles. The molecule has 1 aromatic carbocycles. The van der Waals surface area contributed by atoms with Crippen molar-refractivity contribution in [2.75, 3.05) is 20.7 Å². The highest BCUT2D eigenvalue weighted by Gasteiger charge is 2.23. The summed E-state index contributed by atoms with van der Waals surface area (Å²) in [5.74, 6) is 1.36. The van der Waals surface area contributed by atoms with E-state index in [-0.39, 0.29) is 6.23 Å². The van der Waals surface area contributed by atoms with E-state index in [9.17, 15) is 0 Å². The lowest BCUT2D eigenvalue weighted by molar-refractivity contribution is -0.00187. The number of rotatable bonds is 1. The number of fused-ring (bicyclic) bond motifs is 1. The van der Waals surface area contributed by atoms with Crippen LogP contribution in [0.2, 0.25) is 5.02 Å². The molecule has 0 spiro atoms. The van der Waals surface area contributed by atoms with E-state index in [0.29, 0.717) is 23.1 Å². The number of hydrogen-bond donors (Lipinski definition) is 0. The molecule has 0 radical (unpaired) electrons. The molecule has 0 N–H and O–H groups in total. The van der Waals surface area contributed by atoms with Crippen molar-refractivity contribution in [1.29, 1.82) is 0 Å². The first kappa shape index (κ1) is 9.62. The zero-order chi connectivity index (χ0) is 10.1. The molecule has 4 heteroatoms. The Labute approximate surface area is 88.2 Å². The molecule has 0 amide bonds. The molecule has 0 saturated carbocycles. The summed E-state index contributed by atoms with van der Waals surface area (Å²) >= 11 is 5.95. The average Bonchev–Trinajstić information content (AvgIpc) is 2.17. The van der Waals surface area contributed by atoms with Crippen LogP contribution in [0.3, 0.4) is 0 Å². The summed E-state index contributed by atoms with van der Waals surface area (Å²) in [5.41, 5.74) is 0. The smallest absolute Gasteiger partial charge is 0.186 e. The third-order valence-corrected chi connectivity index (χ3v) is 2.44. The summed E-state index contributed by atoms with van der Waals surface area (Å²) in [6.07, 6.45) is -0.0408. The van der Waals surface area contributed by atoms with Gasteiger partial charge in [0.15, 0.2) is 17.7 Å². The van der Waals surface area contributed by atoms with Gasteiger partial charge in [0.2, 0.25) is 0 Å². The van der Waals surface area contributed by atoms with Gasteiger partial charge in [0.05, 0.1) is 5.02 Å². The van der Waals surface area contributed by atoms with E-state index in [0.717, 1.165) is 0 Å². The molecule has 1 aliphatic rings. The SMILES string of the molecule is CN(C)C1COc2c(Cl)cccc2O1. The lowest BCUT2D eigenvalue weighted by atomic mass is 10.3. The van der Waals surface area contributed by atoms with Crippen molar-refractivity contribution in [3.8, 4) is 11.5 Å². The summed E-state index contributed by atoms with van der Waals surface area (Å²) in [4.78, 5) is 1.96. The van der Waals surface area contributed by atoms with Gasteiger partial charge >= 0.3 is 0 Å². The van der Waals surface area contributed by atoms with Crippen molar-refractivity contribution in [3.05, 3.63) is 23.2 Å². The van der Waals surface area contributed by atoms with Crippen molar-refractivity contribution in [3.63, 3.8) is 0 Å². The highest BCUT2D eigenvalue weighted by atomic mass is 35.5. The van der Waals surface area contributed by atoms with Crippen molar-refractivity contribution in [2.45, 2.75) is 6.23 Å². The van der Waals surface area contributed by atoms with Gasteiger partial charge in [-0.25, -0.2) is 0 Å². The Morgan fingerprint density at radius 2 is 2.21 bits per heavy atom. The minimum Gasteiger partial charge on any atom is -0.483 e. The topological polar surface area (TPSA) is 21.7 Å². The first-order valence-electron chi connectivity index (χ1n) is 4.43. The van der Waals surface area contributed by atoms with Crippen LogP contribution in [0.25, 0.3) is 0 Å². The predicted molar refractivity (Wildman–Crippen MR) is 55.1 cm³/mol. The fourth-order valence-electron chi connectivity index (χ4n) is 1.31. The van der Waals surface area contributed by atoms with E-state index >= 15 is 0 Å². The molecule has 2 rings (SSSR count). The van der Waals surface area contributed by atoms with Crippen LogP contribution in [0.15, 0.2) is 18.2 Å². The Balaban J connectivity index is 2.27. The van der Waals surface area contributed by atoms with Gasteiger partial charge in [-0.2, -0.15) is 0 Å². The van der Waals surface area contributed by atoms with Crippen molar-refractivity contribution >= 4 is 11.6 Å². The van der Waals surface area contributed by atoms with Crippen LogP contribution in [0, 0.1) is 0 Å². The van der Waals surface area contributed by atoms with Gasteiger partial charge in [-0.05, 0) is 26.2 Å². The molecule has 0 fully saturated rings. The van der Waals surface area contributed by atoms with Crippen LogP contribution in [0.5, 0.6) is 11.5 Å². The summed E-state index contributed by atoms with van der Waals surface area (Å²) in [6.45, 7) is 0.504. The van der Waals surface area contributed by atoms with Crippen molar-refractivity contribution < 1.29 is 9.47 Å². The number of likely N-dealkylation sites (N-methyl/N-ethyl adjacent to an activating group) is 1. The molecular weight excluding hydrogens is 202 g/mol. The summed E-state index contributed by atoms with van der Waals surface area (Å²) in [7, 11) is 3.90. The molecule has 1 unspecified atom stereocenters. The maximum absolute atomic E-state index is 5.95. The van der Waals surface area contributed by atoms with Gasteiger partial charge < -0.3 is 9.47 Å². The molecule has 14 heavy (non-hydrogen) atoms. The van der Waals surface area contributed by atoms with Gasteiger partial charge in [0.1, 0.15) is 6.61 Å². The molecule has 0 aliphatic carbocycles. The number of para-hydroxylation sites is 1. The number of nitrogens with zero attached hydrogens (tertiary/aromatic N) is 1. The Morgan fingerprint density at radius 3 is 2.93 bits per heavy atom. The highest BCUT2D eigenvalue weighted by molar-refractivity contribution is 6.32. The molecule has 1 heterocycles. The van der Waals surface area contributed by atoms with Gasteiger partial charge in [-0.1, -0.05) is 17.7 Å². The summed E-state index contributed by atoms with van der Waals surface area (Å²) in [6, 6.07) is 5.50. The Kier molecular flexibility index (Phi) is 2.52. The standard InChI is InChI=1S/C10H12ClNO2/c1-12(2)9-6-13-10-7(11)4-3-5-8(10)14-9/h3-5,9H,6H2,1-2H3. The van der Waals surface area contributed by atoms with Crippen molar-refractivity contribution in [2.24, 2.45) is 0 Å². The average molecular weight is 214 g/mol. The molecular formula is C10H12ClNO2. The lowest BCUT2D eigenvalue weighted by Crippen LogP contribution is -2.41. The lowest BCUT2D eigenvalue weighted by Gasteiger charge is -2.30. The van der Waals surface area contributed by atoms with Crippen LogP contribution in [0.1, 0.15) is 0 Å². The van der Waals surface area contributed by atoms with Crippen LogP contribution in [-0.4, -0.2) is 31.8 Å². The minimum atomic E-state index is -0.0408. The molecule has 3 nitrogen and oxygen atoms in total. The largest absolute Gasteiger partial charge is 0.483 e. The molecule has 76 valence electrons. The van der Waals surface area contributed by atoms with Crippen LogP contribution >= 0.6 is 11.6 Å². The number of hydrogen-bond acceptors (Lipinski definition) is 3. The van der Waals surface area contributed by atoms with E-state index in [1.165, 1.54) is 0 Å². The molecule has 1 aliphatic heterocycles. The zero-order valence-electron chi connectivity index (χ0n) is 8.16. The van der Waals surface area contributed by atoms with E-state index < -0.39 is 0 Å². The second-order valence-electron chi connectivity index (χ2n) is 3.41. The summed E-state index contributed by atoms with van der Waals surface area (Å²) < 4.78 is 11.2. The van der Waals surface area contributed by atoms with Gasteiger partial charge in [-0.15, -0.1) is 0 Å². The van der Waals surface area contributed by atoms with Crippen LogP contribution in [0.4, 0.5) is 0 Å². The fourth-order valence-corrected chi connectivity index (χ4v) is 1.53. The fraction of sp³-hybridized carbons (Fsp3) is 0.400. The van der Waals surface area contributed by atoms with E-state index in [1.807, 2.05) is 31.1 Å². The monoisotopic (exact) mass is 213 g/mol. The van der Waals surface area contributed by atoms with Gasteiger partial charge in [0, 0.05) is 0 Å². The molecule has 1 atom stereocenters. The molecule has 0 bridgehead atoms. The number of halogens is 1. The van der Waals surface area contributed by atoms with Crippen LogP contribution in [-0.2, 0) is 0 Å². The quantitative estimate of drug-likeness (QED) is 0.712. The normalized spacial score (nSPS) is 19.9. The molecule has 1 aromatic rings. The second kappa shape index (κ2) is 3.67. The highest BCUT2D eigenvalue weighted by Crippen LogP contribution is 2.37. The first-order chi connectivity index (χ1) is 6.68. The minimum absolute atomic E-state index is 0.0408. The number of benzene rings is 1. The predicted octanol–water partition coefficient (Wildman–Crippen LogP) is 2.00. The van der Waals surface area contributed by atoms with E-state index in [2.05, 4.69) is 0 Å².